The molecule has 0 unspecified atom stereocenters. The molecule has 0 N–H and O–H groups in total. The molecule has 0 radical (unpaired) electrons. The van der Waals surface area contributed by atoms with Gasteiger partial charge in [0, 0.05) is 0 Å². The van der Waals surface area contributed by atoms with E-state index in [1.54, 1.807) is 0 Å². The highest BCUT2D eigenvalue weighted by molar-refractivity contribution is 5.75. The number of hydrogen-bond acceptors (Lipinski definition) is 3. The number of ether oxygens (including phenoxy) is 2. The fourth-order valence-corrected chi connectivity index (χ4v) is 4.25. The molecule has 2 rings (SSSR count). The molecule has 0 aromatic heterocycles. The topological polar surface area (TPSA) is 35.5 Å². The Morgan fingerprint density at radius 1 is 0.793 bits per heavy atom. The fraction of sp³-hybridized carbons (Fsp3) is 0.731. The third-order valence-electron chi connectivity index (χ3n) is 6.20. The normalized spacial score (nSPS) is 19.1. The summed E-state index contributed by atoms with van der Waals surface area (Å²) in [5.74, 6) is 2.31. The maximum absolute atomic E-state index is 12.5. The van der Waals surface area contributed by atoms with Crippen molar-refractivity contribution >= 4 is 5.97 Å². The number of hydrogen-bond donors (Lipinski definition) is 0. The number of unbranched alkanes of at least 4 members (excludes halogenated alkanes) is 7. The van der Waals surface area contributed by atoms with Crippen molar-refractivity contribution in [2.75, 3.05) is 6.61 Å². The average molecular weight is 403 g/mol. The molecule has 1 aliphatic rings. The van der Waals surface area contributed by atoms with Crippen LogP contribution in [0.2, 0.25) is 0 Å². The van der Waals surface area contributed by atoms with E-state index in [2.05, 4.69) is 13.8 Å². The predicted molar refractivity (Wildman–Crippen MR) is 121 cm³/mol. The first-order valence-corrected chi connectivity index (χ1v) is 12.2. The molecule has 1 fully saturated rings. The minimum atomic E-state index is -0.0559. The Labute approximate surface area is 178 Å². The van der Waals surface area contributed by atoms with Crippen molar-refractivity contribution in [3.8, 4) is 11.5 Å². The molecular formula is C26H42O3. The van der Waals surface area contributed by atoms with E-state index in [4.69, 9.17) is 9.47 Å². The van der Waals surface area contributed by atoms with Gasteiger partial charge in [0.2, 0.25) is 0 Å². The van der Waals surface area contributed by atoms with Gasteiger partial charge in [-0.05, 0) is 62.3 Å². The highest BCUT2D eigenvalue weighted by Crippen LogP contribution is 2.33. The molecule has 0 amide bonds. The minimum Gasteiger partial charge on any atom is -0.494 e. The number of carbonyl (C=O) groups excluding carboxylic acids is 1. The van der Waals surface area contributed by atoms with E-state index < -0.39 is 0 Å². The Bertz CT molecular complexity index is 544. The molecule has 0 bridgehead atoms. The van der Waals surface area contributed by atoms with Crippen LogP contribution in [0.5, 0.6) is 11.5 Å². The van der Waals surface area contributed by atoms with Gasteiger partial charge in [-0.3, -0.25) is 4.79 Å². The van der Waals surface area contributed by atoms with Crippen molar-refractivity contribution in [1.29, 1.82) is 0 Å². The maximum Gasteiger partial charge on any atom is 0.314 e. The molecule has 0 heterocycles. The van der Waals surface area contributed by atoms with Gasteiger partial charge in [0.05, 0.1) is 12.5 Å². The summed E-state index contributed by atoms with van der Waals surface area (Å²) in [5.41, 5.74) is 0. The van der Waals surface area contributed by atoms with Crippen LogP contribution in [-0.2, 0) is 4.79 Å². The van der Waals surface area contributed by atoms with E-state index in [1.165, 1.54) is 70.6 Å². The molecule has 1 aromatic carbocycles. The molecule has 0 saturated heterocycles. The lowest BCUT2D eigenvalue weighted by Gasteiger charge is -2.27. The lowest BCUT2D eigenvalue weighted by Crippen LogP contribution is -2.25. The van der Waals surface area contributed by atoms with Gasteiger partial charge in [0.15, 0.2) is 0 Å². The summed E-state index contributed by atoms with van der Waals surface area (Å²) >= 11 is 0. The van der Waals surface area contributed by atoms with Gasteiger partial charge in [-0.2, -0.15) is 0 Å². The Morgan fingerprint density at radius 2 is 1.38 bits per heavy atom. The van der Waals surface area contributed by atoms with Crippen molar-refractivity contribution in [2.24, 2.45) is 11.8 Å². The van der Waals surface area contributed by atoms with Crippen LogP contribution in [-0.4, -0.2) is 12.6 Å². The zero-order chi connectivity index (χ0) is 20.7. The van der Waals surface area contributed by atoms with Gasteiger partial charge < -0.3 is 9.47 Å². The van der Waals surface area contributed by atoms with E-state index >= 15 is 0 Å². The van der Waals surface area contributed by atoms with Crippen LogP contribution in [0.3, 0.4) is 0 Å². The lowest BCUT2D eigenvalue weighted by molar-refractivity contribution is -0.140. The van der Waals surface area contributed by atoms with Gasteiger partial charge in [-0.15, -0.1) is 0 Å². The second kappa shape index (κ2) is 14.5. The standard InChI is InChI=1S/C26H42O3/c1-3-5-7-9-10-12-22-13-15-23(16-14-22)26(27)29-25-19-17-24(18-20-25)28-21-11-8-6-4-2/h17-20,22-23H,3-16,21H2,1-2H3. The number of benzene rings is 1. The van der Waals surface area contributed by atoms with Gasteiger partial charge in [-0.1, -0.05) is 71.6 Å². The summed E-state index contributed by atoms with van der Waals surface area (Å²) in [6.07, 6.45) is 17.2. The Balaban J connectivity index is 1.62. The third kappa shape index (κ3) is 9.69. The second-order valence-corrected chi connectivity index (χ2v) is 8.72. The minimum absolute atomic E-state index is 0.0559. The average Bonchev–Trinajstić information content (AvgIpc) is 2.75. The highest BCUT2D eigenvalue weighted by Gasteiger charge is 2.27. The molecule has 1 aliphatic carbocycles. The van der Waals surface area contributed by atoms with Crippen LogP contribution in [0.4, 0.5) is 0 Å². The first-order valence-electron chi connectivity index (χ1n) is 12.2. The van der Waals surface area contributed by atoms with Crippen molar-refractivity contribution in [1.82, 2.24) is 0 Å². The molecular weight excluding hydrogens is 360 g/mol. The molecule has 1 aromatic rings. The van der Waals surface area contributed by atoms with E-state index in [0.29, 0.717) is 5.75 Å². The lowest BCUT2D eigenvalue weighted by atomic mass is 9.80. The van der Waals surface area contributed by atoms with Gasteiger partial charge >= 0.3 is 5.97 Å². The van der Waals surface area contributed by atoms with Crippen molar-refractivity contribution in [3.05, 3.63) is 24.3 Å². The van der Waals surface area contributed by atoms with E-state index in [-0.39, 0.29) is 11.9 Å². The Hall–Kier alpha value is -1.51. The van der Waals surface area contributed by atoms with Crippen LogP contribution in [0.15, 0.2) is 24.3 Å². The molecule has 3 nitrogen and oxygen atoms in total. The number of carbonyl (C=O) groups is 1. The van der Waals surface area contributed by atoms with Gasteiger partial charge in [-0.25, -0.2) is 0 Å². The first-order chi connectivity index (χ1) is 14.2. The summed E-state index contributed by atoms with van der Waals surface area (Å²) in [6.45, 7) is 5.22. The van der Waals surface area contributed by atoms with E-state index in [1.807, 2.05) is 24.3 Å². The summed E-state index contributed by atoms with van der Waals surface area (Å²) in [7, 11) is 0. The fourth-order valence-electron chi connectivity index (χ4n) is 4.25. The Kier molecular flexibility index (Phi) is 11.9. The smallest absolute Gasteiger partial charge is 0.314 e. The number of rotatable bonds is 14. The molecule has 0 spiro atoms. The molecule has 0 aliphatic heterocycles. The van der Waals surface area contributed by atoms with Crippen LogP contribution >= 0.6 is 0 Å². The quantitative estimate of drug-likeness (QED) is 0.181. The molecule has 3 heteroatoms. The molecule has 0 atom stereocenters. The Morgan fingerprint density at radius 3 is 2.03 bits per heavy atom. The zero-order valence-electron chi connectivity index (χ0n) is 18.8. The van der Waals surface area contributed by atoms with Crippen LogP contribution in [0.25, 0.3) is 0 Å². The molecule has 1 saturated carbocycles. The van der Waals surface area contributed by atoms with Gasteiger partial charge in [0.25, 0.3) is 0 Å². The van der Waals surface area contributed by atoms with Crippen molar-refractivity contribution in [3.63, 3.8) is 0 Å². The van der Waals surface area contributed by atoms with Crippen LogP contribution in [0, 0.1) is 11.8 Å². The third-order valence-corrected chi connectivity index (χ3v) is 6.20. The van der Waals surface area contributed by atoms with Gasteiger partial charge in [0.1, 0.15) is 11.5 Å². The second-order valence-electron chi connectivity index (χ2n) is 8.72. The molecule has 164 valence electrons. The van der Waals surface area contributed by atoms with Crippen LogP contribution in [0.1, 0.15) is 104 Å². The summed E-state index contributed by atoms with van der Waals surface area (Å²) < 4.78 is 11.4. The molecule has 29 heavy (non-hydrogen) atoms. The van der Waals surface area contributed by atoms with E-state index in [0.717, 1.165) is 37.5 Å². The summed E-state index contributed by atoms with van der Waals surface area (Å²) in [6, 6.07) is 7.50. The monoisotopic (exact) mass is 402 g/mol. The maximum atomic E-state index is 12.5. The summed E-state index contributed by atoms with van der Waals surface area (Å²) in [4.78, 5) is 12.5. The summed E-state index contributed by atoms with van der Waals surface area (Å²) in [5, 5.41) is 0. The van der Waals surface area contributed by atoms with Crippen LogP contribution < -0.4 is 9.47 Å². The largest absolute Gasteiger partial charge is 0.494 e. The first kappa shape index (κ1) is 23.8. The van der Waals surface area contributed by atoms with E-state index in [9.17, 15) is 4.79 Å². The van der Waals surface area contributed by atoms with Crippen molar-refractivity contribution in [2.45, 2.75) is 104 Å². The SMILES string of the molecule is CCCCCCCC1CCC(C(=O)Oc2ccc(OCCCCCC)cc2)CC1. The predicted octanol–water partition coefficient (Wildman–Crippen LogP) is 7.72. The number of esters is 1. The highest BCUT2D eigenvalue weighted by atomic mass is 16.5. The van der Waals surface area contributed by atoms with Crippen molar-refractivity contribution < 1.29 is 14.3 Å². The zero-order valence-corrected chi connectivity index (χ0v) is 18.8.